The fourth-order valence-electron chi connectivity index (χ4n) is 4.76. The molecular formula is C33H39N3O2S. The Kier molecular flexibility index (Phi) is 11.1. The van der Waals surface area contributed by atoms with Gasteiger partial charge in [0.2, 0.25) is 0 Å². The minimum absolute atomic E-state index is 0.0801. The average Bonchev–Trinajstić information content (AvgIpc) is 3.45. The van der Waals surface area contributed by atoms with Gasteiger partial charge in [0, 0.05) is 24.4 Å². The number of ether oxygens (including phenoxy) is 1. The molecule has 0 unspecified atom stereocenters. The lowest BCUT2D eigenvalue weighted by Crippen LogP contribution is -2.26. The summed E-state index contributed by atoms with van der Waals surface area (Å²) in [5.41, 5.74) is 4.38. The first kappa shape index (κ1) is 28.5. The summed E-state index contributed by atoms with van der Waals surface area (Å²) < 4.78 is 5.35. The highest BCUT2D eigenvalue weighted by Gasteiger charge is 2.18. The third kappa shape index (κ3) is 8.77. The zero-order valence-electron chi connectivity index (χ0n) is 23.0. The molecule has 1 heterocycles. The van der Waals surface area contributed by atoms with Crippen LogP contribution in [0.15, 0.2) is 90.3 Å². The van der Waals surface area contributed by atoms with Crippen molar-refractivity contribution >= 4 is 17.2 Å². The Morgan fingerprint density at radius 3 is 2.21 bits per heavy atom. The van der Waals surface area contributed by atoms with Crippen molar-refractivity contribution in [1.29, 1.82) is 0 Å². The molecule has 0 atom stereocenters. The number of carbonyl (C=O) groups excluding carboxylic acids is 1. The number of hydrogen-bond acceptors (Lipinski definition) is 5. The number of thiazole rings is 1. The Labute approximate surface area is 236 Å². The summed E-state index contributed by atoms with van der Waals surface area (Å²) in [7, 11) is 1.69. The third-order valence-corrected chi connectivity index (χ3v) is 7.75. The number of benzene rings is 3. The molecule has 0 fully saturated rings. The molecule has 1 amide bonds. The summed E-state index contributed by atoms with van der Waals surface area (Å²) in [6.45, 7) is 5.23. The van der Waals surface area contributed by atoms with E-state index >= 15 is 0 Å². The van der Waals surface area contributed by atoms with Crippen molar-refractivity contribution in [3.05, 3.63) is 118 Å². The number of carbonyl (C=O) groups is 1. The Morgan fingerprint density at radius 2 is 1.59 bits per heavy atom. The van der Waals surface area contributed by atoms with Gasteiger partial charge in [-0.05, 0) is 48.2 Å². The SMILES string of the molecule is CCCCCNC(=O)c1csc(CN(CCC(c2ccccc2)c2ccccc2)Cc2ccc(OC)cc2)n1. The molecule has 0 aliphatic heterocycles. The molecular weight excluding hydrogens is 502 g/mol. The van der Waals surface area contributed by atoms with Crippen LogP contribution in [0.1, 0.15) is 70.7 Å². The van der Waals surface area contributed by atoms with Crippen LogP contribution >= 0.6 is 11.3 Å². The molecule has 0 radical (unpaired) electrons. The molecule has 1 N–H and O–H groups in total. The molecule has 4 rings (SSSR count). The Balaban J connectivity index is 1.49. The zero-order valence-corrected chi connectivity index (χ0v) is 23.8. The topological polar surface area (TPSA) is 54.5 Å². The van der Waals surface area contributed by atoms with Crippen LogP contribution in [0.4, 0.5) is 0 Å². The summed E-state index contributed by atoms with van der Waals surface area (Å²) in [5, 5.41) is 5.85. The van der Waals surface area contributed by atoms with Crippen LogP contribution in [-0.2, 0) is 13.1 Å². The van der Waals surface area contributed by atoms with Gasteiger partial charge in [-0.25, -0.2) is 4.98 Å². The molecule has 0 bridgehead atoms. The van der Waals surface area contributed by atoms with E-state index in [1.807, 2.05) is 17.5 Å². The molecule has 0 aliphatic rings. The molecule has 0 spiro atoms. The second-order valence-electron chi connectivity index (χ2n) is 9.81. The molecule has 204 valence electrons. The van der Waals surface area contributed by atoms with Crippen molar-refractivity contribution in [3.63, 3.8) is 0 Å². The van der Waals surface area contributed by atoms with Crippen LogP contribution in [0, 0.1) is 0 Å². The molecule has 6 heteroatoms. The molecule has 3 aromatic carbocycles. The Hall–Kier alpha value is -3.48. The van der Waals surface area contributed by atoms with E-state index in [1.165, 1.54) is 16.7 Å². The minimum atomic E-state index is -0.0801. The fourth-order valence-corrected chi connectivity index (χ4v) is 5.57. The van der Waals surface area contributed by atoms with Crippen molar-refractivity contribution in [3.8, 4) is 5.75 Å². The standard InChI is InChI=1S/C33H39N3O2S/c1-3-4-11-21-34-33(37)31-25-39-32(35-31)24-36(23-26-16-18-29(38-2)19-17-26)22-20-30(27-12-7-5-8-13-27)28-14-9-6-10-15-28/h5-10,12-19,25,30H,3-4,11,20-24H2,1-2H3,(H,34,37). The highest BCUT2D eigenvalue weighted by Crippen LogP contribution is 2.29. The summed E-state index contributed by atoms with van der Waals surface area (Å²) in [6.07, 6.45) is 4.23. The van der Waals surface area contributed by atoms with Gasteiger partial charge in [-0.1, -0.05) is 92.6 Å². The Bertz CT molecular complexity index is 1220. The van der Waals surface area contributed by atoms with Gasteiger partial charge in [0.15, 0.2) is 0 Å². The number of aromatic nitrogens is 1. The quantitative estimate of drug-likeness (QED) is 0.161. The van der Waals surface area contributed by atoms with E-state index in [0.29, 0.717) is 24.7 Å². The van der Waals surface area contributed by atoms with Crippen molar-refractivity contribution in [1.82, 2.24) is 15.2 Å². The molecule has 0 aliphatic carbocycles. The predicted octanol–water partition coefficient (Wildman–Crippen LogP) is 7.30. The first-order valence-corrected chi connectivity index (χ1v) is 14.7. The molecule has 1 aromatic heterocycles. The number of unbranched alkanes of at least 4 members (excludes halogenated alkanes) is 2. The first-order chi connectivity index (χ1) is 19.2. The molecule has 5 nitrogen and oxygen atoms in total. The lowest BCUT2D eigenvalue weighted by atomic mass is 9.88. The van der Waals surface area contributed by atoms with E-state index in [-0.39, 0.29) is 5.91 Å². The van der Waals surface area contributed by atoms with Gasteiger partial charge in [0.25, 0.3) is 5.91 Å². The number of nitrogens with zero attached hydrogens (tertiary/aromatic N) is 2. The van der Waals surface area contributed by atoms with Crippen LogP contribution in [0.3, 0.4) is 0 Å². The molecule has 0 saturated heterocycles. The highest BCUT2D eigenvalue weighted by atomic mass is 32.1. The highest BCUT2D eigenvalue weighted by molar-refractivity contribution is 7.09. The number of rotatable bonds is 15. The smallest absolute Gasteiger partial charge is 0.270 e. The first-order valence-electron chi connectivity index (χ1n) is 13.8. The van der Waals surface area contributed by atoms with Gasteiger partial charge in [0.05, 0.1) is 13.7 Å². The van der Waals surface area contributed by atoms with Gasteiger partial charge < -0.3 is 10.1 Å². The van der Waals surface area contributed by atoms with E-state index in [1.54, 1.807) is 18.4 Å². The monoisotopic (exact) mass is 541 g/mol. The van der Waals surface area contributed by atoms with Crippen LogP contribution in [-0.4, -0.2) is 36.0 Å². The third-order valence-electron chi connectivity index (χ3n) is 6.91. The van der Waals surface area contributed by atoms with Crippen LogP contribution in [0.5, 0.6) is 5.75 Å². The zero-order chi connectivity index (χ0) is 27.3. The summed E-state index contributed by atoms with van der Waals surface area (Å²) in [5.74, 6) is 1.07. The van der Waals surface area contributed by atoms with Gasteiger partial charge in [-0.3, -0.25) is 9.69 Å². The van der Waals surface area contributed by atoms with Gasteiger partial charge in [-0.15, -0.1) is 11.3 Å². The maximum atomic E-state index is 12.6. The van der Waals surface area contributed by atoms with Crippen molar-refractivity contribution in [2.75, 3.05) is 20.2 Å². The van der Waals surface area contributed by atoms with Gasteiger partial charge in [0.1, 0.15) is 16.5 Å². The van der Waals surface area contributed by atoms with E-state index < -0.39 is 0 Å². The van der Waals surface area contributed by atoms with E-state index in [4.69, 9.17) is 9.72 Å². The fraction of sp³-hybridized carbons (Fsp3) is 0.333. The van der Waals surface area contributed by atoms with E-state index in [0.717, 1.165) is 49.5 Å². The maximum absolute atomic E-state index is 12.6. The van der Waals surface area contributed by atoms with Crippen molar-refractivity contribution in [2.24, 2.45) is 0 Å². The van der Waals surface area contributed by atoms with Crippen LogP contribution in [0.25, 0.3) is 0 Å². The van der Waals surface area contributed by atoms with Gasteiger partial charge >= 0.3 is 0 Å². The van der Waals surface area contributed by atoms with Gasteiger partial charge in [-0.2, -0.15) is 0 Å². The Morgan fingerprint density at radius 1 is 0.923 bits per heavy atom. The summed E-state index contributed by atoms with van der Waals surface area (Å²) >= 11 is 1.56. The molecule has 4 aromatic rings. The summed E-state index contributed by atoms with van der Waals surface area (Å²) in [6, 6.07) is 29.7. The lowest BCUT2D eigenvalue weighted by molar-refractivity contribution is 0.0948. The molecule has 0 saturated carbocycles. The number of amides is 1. The molecule has 39 heavy (non-hydrogen) atoms. The van der Waals surface area contributed by atoms with E-state index in [2.05, 4.69) is 89.9 Å². The number of methoxy groups -OCH3 is 1. The predicted molar refractivity (Wildman–Crippen MR) is 160 cm³/mol. The second kappa shape index (κ2) is 15.2. The normalized spacial score (nSPS) is 11.2. The maximum Gasteiger partial charge on any atom is 0.270 e. The number of hydrogen-bond donors (Lipinski definition) is 1. The second-order valence-corrected chi connectivity index (χ2v) is 10.8. The van der Waals surface area contributed by atoms with E-state index in [9.17, 15) is 4.79 Å². The minimum Gasteiger partial charge on any atom is -0.497 e. The average molecular weight is 542 g/mol. The van der Waals surface area contributed by atoms with Crippen molar-refractivity contribution < 1.29 is 9.53 Å². The largest absolute Gasteiger partial charge is 0.497 e. The van der Waals surface area contributed by atoms with Crippen LogP contribution in [0.2, 0.25) is 0 Å². The summed E-state index contributed by atoms with van der Waals surface area (Å²) in [4.78, 5) is 19.7. The van der Waals surface area contributed by atoms with Crippen molar-refractivity contribution in [2.45, 2.75) is 51.6 Å². The van der Waals surface area contributed by atoms with Crippen LogP contribution < -0.4 is 10.1 Å². The number of nitrogens with one attached hydrogen (secondary N) is 1. The lowest BCUT2D eigenvalue weighted by Gasteiger charge is -2.25.